The first-order valence-electron chi connectivity index (χ1n) is 7.07. The Kier molecular flexibility index (Phi) is 5.64. The third-order valence-electron chi connectivity index (χ3n) is 3.40. The van der Waals surface area contributed by atoms with Gasteiger partial charge >= 0.3 is 11.8 Å². The number of nitrogens with zero attached hydrogens (tertiary/aromatic N) is 2. The van der Waals surface area contributed by atoms with E-state index in [1.807, 2.05) is 7.05 Å². The third-order valence-corrected chi connectivity index (χ3v) is 4.49. The Morgan fingerprint density at radius 2 is 2.22 bits per heavy atom. The number of carbonyl (C=O) groups is 3. The van der Waals surface area contributed by atoms with Gasteiger partial charge in [-0.3, -0.25) is 14.4 Å². The van der Waals surface area contributed by atoms with E-state index in [2.05, 4.69) is 20.5 Å². The van der Waals surface area contributed by atoms with Crippen molar-refractivity contribution >= 4 is 29.1 Å². The molecule has 0 unspecified atom stereocenters. The second-order valence-corrected chi connectivity index (χ2v) is 6.39. The first-order chi connectivity index (χ1) is 10.9. The van der Waals surface area contributed by atoms with Crippen LogP contribution in [0.3, 0.4) is 0 Å². The lowest BCUT2D eigenvalue weighted by atomic mass is 10.2. The Bertz CT molecular complexity index is 618. The van der Waals surface area contributed by atoms with Gasteiger partial charge < -0.3 is 26.4 Å². The highest BCUT2D eigenvalue weighted by molar-refractivity contribution is 7.13. The highest BCUT2D eigenvalue weighted by atomic mass is 32.1. The smallest absolute Gasteiger partial charge is 0.309 e. The van der Waals surface area contributed by atoms with Gasteiger partial charge in [-0.25, -0.2) is 4.98 Å². The zero-order valence-corrected chi connectivity index (χ0v) is 13.5. The molecular formula is C13H19N5O4S. The van der Waals surface area contributed by atoms with Crippen LogP contribution in [0, 0.1) is 0 Å². The fraction of sp³-hybridized carbons (Fsp3) is 0.538. The monoisotopic (exact) mass is 341 g/mol. The largest absolute Gasteiger partial charge is 0.394 e. The number of hydrogen-bond donors (Lipinski definition) is 4. The number of aromatic nitrogens is 1. The first-order valence-corrected chi connectivity index (χ1v) is 7.88. The van der Waals surface area contributed by atoms with E-state index in [4.69, 9.17) is 5.73 Å². The summed E-state index contributed by atoms with van der Waals surface area (Å²) in [5, 5.41) is 14.4. The molecule has 10 heteroatoms. The number of aliphatic hydroxyl groups is 1. The van der Waals surface area contributed by atoms with Crippen LogP contribution in [0.4, 0.5) is 0 Å². The second kappa shape index (κ2) is 7.49. The van der Waals surface area contributed by atoms with Crippen LogP contribution in [-0.4, -0.2) is 65.5 Å². The number of fused-ring (bicyclic) bond motifs is 1. The SMILES string of the molecule is CN1CCc2nc(C(=O)N[C@H](CO)CNC(=O)C(N)=O)sc2C1. The summed E-state index contributed by atoms with van der Waals surface area (Å²) < 4.78 is 0. The summed E-state index contributed by atoms with van der Waals surface area (Å²) >= 11 is 1.32. The van der Waals surface area contributed by atoms with Crippen molar-refractivity contribution in [3.8, 4) is 0 Å². The number of thiazole rings is 1. The topological polar surface area (TPSA) is 138 Å². The molecule has 2 rings (SSSR count). The molecule has 1 aromatic heterocycles. The lowest BCUT2D eigenvalue weighted by Gasteiger charge is -2.20. The van der Waals surface area contributed by atoms with Crippen LogP contribution >= 0.6 is 11.3 Å². The van der Waals surface area contributed by atoms with E-state index >= 15 is 0 Å². The van der Waals surface area contributed by atoms with Crippen LogP contribution in [0.15, 0.2) is 0 Å². The lowest BCUT2D eigenvalue weighted by Crippen LogP contribution is -2.48. The van der Waals surface area contributed by atoms with Crippen LogP contribution in [0.2, 0.25) is 0 Å². The van der Waals surface area contributed by atoms with Crippen LogP contribution in [-0.2, 0) is 22.6 Å². The predicted octanol–water partition coefficient (Wildman–Crippen LogP) is -2.18. The molecule has 1 aromatic rings. The van der Waals surface area contributed by atoms with Crippen molar-refractivity contribution in [3.05, 3.63) is 15.6 Å². The number of likely N-dealkylation sites (N-methyl/N-ethyl adjacent to an activating group) is 1. The van der Waals surface area contributed by atoms with Gasteiger partial charge in [-0.1, -0.05) is 0 Å². The molecule has 0 bridgehead atoms. The van der Waals surface area contributed by atoms with Crippen molar-refractivity contribution in [2.75, 3.05) is 26.7 Å². The van der Waals surface area contributed by atoms with E-state index in [0.717, 1.165) is 30.1 Å². The van der Waals surface area contributed by atoms with Gasteiger partial charge in [0.25, 0.3) is 5.91 Å². The average Bonchev–Trinajstić information content (AvgIpc) is 2.93. The maximum absolute atomic E-state index is 12.2. The molecule has 0 radical (unpaired) electrons. The number of primary amides is 1. The molecule has 1 aliphatic rings. The first kappa shape index (κ1) is 17.3. The molecule has 0 saturated carbocycles. The van der Waals surface area contributed by atoms with Gasteiger partial charge in [0, 0.05) is 30.9 Å². The number of carbonyl (C=O) groups excluding carboxylic acids is 3. The highest BCUT2D eigenvalue weighted by Crippen LogP contribution is 2.24. The van der Waals surface area contributed by atoms with Crippen molar-refractivity contribution < 1.29 is 19.5 Å². The molecule has 0 spiro atoms. The van der Waals surface area contributed by atoms with E-state index in [1.54, 1.807) is 0 Å². The number of rotatable bonds is 5. The fourth-order valence-corrected chi connectivity index (χ4v) is 3.22. The predicted molar refractivity (Wildman–Crippen MR) is 82.7 cm³/mol. The van der Waals surface area contributed by atoms with Gasteiger partial charge in [0.2, 0.25) is 0 Å². The standard InChI is InChI=1S/C13H19N5O4S/c1-18-3-2-8-9(5-18)23-13(17-8)12(22)16-7(6-19)4-15-11(21)10(14)20/h7,19H,2-6H2,1H3,(H2,14,20)(H,15,21)(H,16,22)/t7-/m0/s1. The summed E-state index contributed by atoms with van der Waals surface area (Å²) in [6, 6.07) is -0.727. The number of hydrogen-bond acceptors (Lipinski definition) is 7. The summed E-state index contributed by atoms with van der Waals surface area (Å²) in [5.41, 5.74) is 5.74. The number of nitrogens with two attached hydrogens (primary N) is 1. The Balaban J connectivity index is 1.94. The van der Waals surface area contributed by atoms with Gasteiger partial charge in [0.15, 0.2) is 5.01 Å². The number of amides is 3. The van der Waals surface area contributed by atoms with Crippen molar-refractivity contribution in [1.29, 1.82) is 0 Å². The van der Waals surface area contributed by atoms with E-state index < -0.39 is 30.4 Å². The molecule has 0 aromatic carbocycles. The van der Waals surface area contributed by atoms with Crippen LogP contribution in [0.5, 0.6) is 0 Å². The maximum atomic E-state index is 12.2. The summed E-state index contributed by atoms with van der Waals surface area (Å²) in [7, 11) is 2.01. The van der Waals surface area contributed by atoms with Crippen LogP contribution in [0.25, 0.3) is 0 Å². The van der Waals surface area contributed by atoms with Crippen molar-refractivity contribution in [1.82, 2.24) is 20.5 Å². The molecule has 9 nitrogen and oxygen atoms in total. The lowest BCUT2D eigenvalue weighted by molar-refractivity contribution is -0.137. The zero-order valence-electron chi connectivity index (χ0n) is 12.7. The Morgan fingerprint density at radius 1 is 1.48 bits per heavy atom. The van der Waals surface area contributed by atoms with Crippen LogP contribution < -0.4 is 16.4 Å². The zero-order chi connectivity index (χ0) is 17.0. The van der Waals surface area contributed by atoms with Crippen molar-refractivity contribution in [2.24, 2.45) is 5.73 Å². The molecule has 5 N–H and O–H groups in total. The normalized spacial score (nSPS) is 15.6. The average molecular weight is 341 g/mol. The van der Waals surface area contributed by atoms with E-state index in [1.165, 1.54) is 11.3 Å². The van der Waals surface area contributed by atoms with Crippen LogP contribution in [0.1, 0.15) is 20.4 Å². The Labute approximate surface area is 136 Å². The summed E-state index contributed by atoms with van der Waals surface area (Å²) in [5.74, 6) is -2.50. The van der Waals surface area contributed by atoms with Gasteiger partial charge in [0.1, 0.15) is 0 Å². The van der Waals surface area contributed by atoms with E-state index in [0.29, 0.717) is 5.01 Å². The quantitative estimate of drug-likeness (QED) is 0.450. The summed E-state index contributed by atoms with van der Waals surface area (Å²) in [4.78, 5) is 41.5. The number of aliphatic hydroxyl groups excluding tert-OH is 1. The maximum Gasteiger partial charge on any atom is 0.309 e. The molecule has 0 fully saturated rings. The minimum atomic E-state index is -1.12. The minimum absolute atomic E-state index is 0.0994. The van der Waals surface area contributed by atoms with Crippen molar-refractivity contribution in [2.45, 2.75) is 19.0 Å². The van der Waals surface area contributed by atoms with E-state index in [9.17, 15) is 19.5 Å². The molecule has 126 valence electrons. The molecule has 0 aliphatic carbocycles. The van der Waals surface area contributed by atoms with E-state index in [-0.39, 0.29) is 6.54 Å². The third kappa shape index (κ3) is 4.47. The second-order valence-electron chi connectivity index (χ2n) is 5.30. The summed E-state index contributed by atoms with van der Waals surface area (Å²) in [6.45, 7) is 1.17. The number of nitrogens with one attached hydrogen (secondary N) is 2. The molecular weight excluding hydrogens is 322 g/mol. The molecule has 23 heavy (non-hydrogen) atoms. The molecule has 3 amide bonds. The van der Waals surface area contributed by atoms with Crippen molar-refractivity contribution in [3.63, 3.8) is 0 Å². The Hall–Kier alpha value is -2.04. The Morgan fingerprint density at radius 3 is 2.87 bits per heavy atom. The molecule has 0 saturated heterocycles. The summed E-state index contributed by atoms with van der Waals surface area (Å²) in [6.07, 6.45) is 0.799. The highest BCUT2D eigenvalue weighted by Gasteiger charge is 2.23. The van der Waals surface area contributed by atoms with Gasteiger partial charge in [-0.2, -0.15) is 0 Å². The molecule has 1 atom stereocenters. The van der Waals surface area contributed by atoms with Gasteiger partial charge in [0.05, 0.1) is 18.3 Å². The molecule has 2 heterocycles. The van der Waals surface area contributed by atoms with Gasteiger partial charge in [-0.15, -0.1) is 11.3 Å². The van der Waals surface area contributed by atoms with Gasteiger partial charge in [-0.05, 0) is 7.05 Å². The fourth-order valence-electron chi connectivity index (χ4n) is 2.13. The molecule has 1 aliphatic heterocycles. The minimum Gasteiger partial charge on any atom is -0.394 e.